The minimum Gasteiger partial charge on any atom is -0.497 e. The van der Waals surface area contributed by atoms with Gasteiger partial charge in [-0.05, 0) is 48.0 Å². The number of anilines is 1. The number of carbonyl (C=O) groups is 1. The van der Waals surface area contributed by atoms with Crippen molar-refractivity contribution in [1.82, 2.24) is 4.72 Å². The number of nitrogens with one attached hydrogen (secondary N) is 2. The second kappa shape index (κ2) is 7.12. The van der Waals surface area contributed by atoms with Crippen LogP contribution in [0.3, 0.4) is 0 Å². The molecule has 0 saturated heterocycles. The zero-order chi connectivity index (χ0) is 17.9. The summed E-state index contributed by atoms with van der Waals surface area (Å²) >= 11 is 0. The van der Waals surface area contributed by atoms with E-state index in [4.69, 9.17) is 9.47 Å². The van der Waals surface area contributed by atoms with Crippen LogP contribution < -0.4 is 19.5 Å². The molecule has 0 saturated carbocycles. The Bertz CT molecular complexity index is 878. The van der Waals surface area contributed by atoms with Crippen LogP contribution in [0, 0.1) is 0 Å². The second-order valence-corrected chi connectivity index (χ2v) is 7.23. The van der Waals surface area contributed by atoms with E-state index in [0.29, 0.717) is 17.0 Å². The first-order valence-corrected chi connectivity index (χ1v) is 9.15. The molecule has 0 atom stereocenters. The average molecular weight is 362 g/mol. The van der Waals surface area contributed by atoms with Crippen molar-refractivity contribution in [2.24, 2.45) is 0 Å². The largest absolute Gasteiger partial charge is 0.497 e. The molecule has 0 fully saturated rings. The molecule has 8 heteroatoms. The van der Waals surface area contributed by atoms with Crippen molar-refractivity contribution in [3.63, 3.8) is 0 Å². The summed E-state index contributed by atoms with van der Waals surface area (Å²) in [5.74, 6) is 1.21. The van der Waals surface area contributed by atoms with Crippen LogP contribution in [-0.4, -0.2) is 34.6 Å². The molecule has 2 aromatic rings. The lowest BCUT2D eigenvalue weighted by molar-refractivity contribution is -0.115. The van der Waals surface area contributed by atoms with Crippen LogP contribution in [0.5, 0.6) is 11.5 Å². The lowest BCUT2D eigenvalue weighted by atomic mass is 10.2. The zero-order valence-electron chi connectivity index (χ0n) is 13.6. The fourth-order valence-electron chi connectivity index (χ4n) is 2.47. The van der Waals surface area contributed by atoms with E-state index in [1.807, 2.05) is 0 Å². The van der Waals surface area contributed by atoms with Crippen molar-refractivity contribution in [2.75, 3.05) is 25.6 Å². The number of methoxy groups -OCH3 is 1. The maximum atomic E-state index is 12.3. The molecule has 0 radical (unpaired) electrons. The van der Waals surface area contributed by atoms with Crippen LogP contribution in [-0.2, 0) is 21.2 Å². The highest BCUT2D eigenvalue weighted by Gasteiger charge is 2.21. The third kappa shape index (κ3) is 4.09. The van der Waals surface area contributed by atoms with E-state index in [0.717, 1.165) is 5.75 Å². The van der Waals surface area contributed by atoms with E-state index in [1.54, 1.807) is 37.4 Å². The Morgan fingerprint density at radius 3 is 2.56 bits per heavy atom. The predicted octanol–water partition coefficient (Wildman–Crippen LogP) is 1.55. The van der Waals surface area contributed by atoms with Crippen LogP contribution in [0.4, 0.5) is 5.69 Å². The second-order valence-electron chi connectivity index (χ2n) is 5.47. The smallest absolute Gasteiger partial charge is 0.240 e. The van der Waals surface area contributed by atoms with Gasteiger partial charge in [0.15, 0.2) is 0 Å². The molecule has 2 aromatic carbocycles. The highest BCUT2D eigenvalue weighted by Crippen LogP contribution is 2.25. The Kier molecular flexibility index (Phi) is 4.91. The standard InChI is InChI=1S/C17H18N2O5S/c1-23-13-2-4-14(5-3-13)24-9-8-18-25(21,22)15-6-7-16-12(10-15)11-17(20)19-16/h2-7,10,18H,8-9,11H2,1H3,(H,19,20). The molecule has 1 amide bonds. The van der Waals surface area contributed by atoms with E-state index >= 15 is 0 Å². The van der Waals surface area contributed by atoms with Gasteiger partial charge >= 0.3 is 0 Å². The molecule has 1 aliphatic rings. The molecular weight excluding hydrogens is 344 g/mol. The molecule has 7 nitrogen and oxygen atoms in total. The van der Waals surface area contributed by atoms with Gasteiger partial charge in [-0.25, -0.2) is 13.1 Å². The van der Waals surface area contributed by atoms with Gasteiger partial charge in [-0.1, -0.05) is 0 Å². The molecule has 0 aromatic heterocycles. The minimum atomic E-state index is -3.65. The highest BCUT2D eigenvalue weighted by molar-refractivity contribution is 7.89. The Balaban J connectivity index is 1.55. The van der Waals surface area contributed by atoms with E-state index < -0.39 is 10.0 Å². The van der Waals surface area contributed by atoms with Gasteiger partial charge in [-0.2, -0.15) is 0 Å². The first kappa shape index (κ1) is 17.2. The first-order chi connectivity index (χ1) is 12.0. The normalized spacial score (nSPS) is 13.2. The predicted molar refractivity (Wildman–Crippen MR) is 92.5 cm³/mol. The van der Waals surface area contributed by atoms with E-state index in [1.165, 1.54) is 12.1 Å². The number of fused-ring (bicyclic) bond motifs is 1. The molecule has 2 N–H and O–H groups in total. The molecule has 1 aliphatic heterocycles. The van der Waals surface area contributed by atoms with E-state index in [2.05, 4.69) is 10.0 Å². The maximum absolute atomic E-state index is 12.3. The van der Waals surface area contributed by atoms with Crippen LogP contribution in [0.15, 0.2) is 47.4 Å². The van der Waals surface area contributed by atoms with Crippen molar-refractivity contribution in [3.05, 3.63) is 48.0 Å². The van der Waals surface area contributed by atoms with Crippen molar-refractivity contribution < 1.29 is 22.7 Å². The minimum absolute atomic E-state index is 0.128. The zero-order valence-corrected chi connectivity index (χ0v) is 14.4. The van der Waals surface area contributed by atoms with Gasteiger partial charge in [-0.15, -0.1) is 0 Å². The number of ether oxygens (including phenoxy) is 2. The van der Waals surface area contributed by atoms with Crippen LogP contribution in [0.1, 0.15) is 5.56 Å². The van der Waals surface area contributed by atoms with E-state index in [9.17, 15) is 13.2 Å². The van der Waals surface area contributed by atoms with Crippen molar-refractivity contribution in [3.8, 4) is 11.5 Å². The SMILES string of the molecule is COc1ccc(OCCNS(=O)(=O)c2ccc3c(c2)CC(=O)N3)cc1. The summed E-state index contributed by atoms with van der Waals surface area (Å²) in [6.07, 6.45) is 0.194. The molecule has 3 rings (SSSR count). The molecule has 0 unspecified atom stereocenters. The monoisotopic (exact) mass is 362 g/mol. The maximum Gasteiger partial charge on any atom is 0.240 e. The summed E-state index contributed by atoms with van der Waals surface area (Å²) in [5.41, 5.74) is 1.34. The Hall–Kier alpha value is -2.58. The fraction of sp³-hybridized carbons (Fsp3) is 0.235. The molecule has 1 heterocycles. The van der Waals surface area contributed by atoms with E-state index in [-0.39, 0.29) is 30.4 Å². The molecule has 132 valence electrons. The summed E-state index contributed by atoms with van der Waals surface area (Å²) in [6.45, 7) is 0.319. The fourth-order valence-corrected chi connectivity index (χ4v) is 3.54. The quantitative estimate of drug-likeness (QED) is 0.729. The summed E-state index contributed by atoms with van der Waals surface area (Å²) in [6, 6.07) is 11.6. The Morgan fingerprint density at radius 2 is 1.84 bits per heavy atom. The van der Waals surface area contributed by atoms with Gasteiger partial charge in [0, 0.05) is 12.2 Å². The number of carbonyl (C=O) groups excluding carboxylic acids is 1. The van der Waals surface area contributed by atoms with Crippen molar-refractivity contribution in [1.29, 1.82) is 0 Å². The van der Waals surface area contributed by atoms with Crippen molar-refractivity contribution in [2.45, 2.75) is 11.3 Å². The van der Waals surface area contributed by atoms with Crippen LogP contribution in [0.25, 0.3) is 0 Å². The third-order valence-electron chi connectivity index (χ3n) is 3.73. The highest BCUT2D eigenvalue weighted by atomic mass is 32.2. The summed E-state index contributed by atoms with van der Waals surface area (Å²) in [5, 5.41) is 2.67. The van der Waals surface area contributed by atoms with Gasteiger partial charge < -0.3 is 14.8 Å². The number of amides is 1. The number of hydrogen-bond acceptors (Lipinski definition) is 5. The van der Waals surface area contributed by atoms with Crippen LogP contribution in [0.2, 0.25) is 0 Å². The lowest BCUT2D eigenvalue weighted by Gasteiger charge is -2.10. The van der Waals surface area contributed by atoms with Gasteiger partial charge in [-0.3, -0.25) is 4.79 Å². The topological polar surface area (TPSA) is 93.7 Å². The molecule has 0 bridgehead atoms. The van der Waals surface area contributed by atoms with Crippen molar-refractivity contribution >= 4 is 21.6 Å². The lowest BCUT2D eigenvalue weighted by Crippen LogP contribution is -2.28. The molecule has 0 aliphatic carbocycles. The molecule has 0 spiro atoms. The Morgan fingerprint density at radius 1 is 1.12 bits per heavy atom. The van der Waals surface area contributed by atoms with Gasteiger partial charge in [0.05, 0.1) is 18.4 Å². The third-order valence-corrected chi connectivity index (χ3v) is 5.19. The number of sulfonamides is 1. The number of hydrogen-bond donors (Lipinski definition) is 2. The van der Waals surface area contributed by atoms with Gasteiger partial charge in [0.1, 0.15) is 18.1 Å². The van der Waals surface area contributed by atoms with Gasteiger partial charge in [0.25, 0.3) is 0 Å². The average Bonchev–Trinajstić information content (AvgIpc) is 2.98. The summed E-state index contributed by atoms with van der Waals surface area (Å²) < 4.78 is 37.7. The Labute approximate surface area is 146 Å². The molecule has 25 heavy (non-hydrogen) atoms. The number of benzene rings is 2. The summed E-state index contributed by atoms with van der Waals surface area (Å²) in [4.78, 5) is 11.5. The van der Waals surface area contributed by atoms with Gasteiger partial charge in [0.2, 0.25) is 15.9 Å². The molecular formula is C17H18N2O5S. The first-order valence-electron chi connectivity index (χ1n) is 7.67. The van der Waals surface area contributed by atoms with Crippen LogP contribution >= 0.6 is 0 Å². The number of rotatable bonds is 7. The summed E-state index contributed by atoms with van der Waals surface area (Å²) in [7, 11) is -2.07.